The molecular weight excluding hydrogens is 360 g/mol. The summed E-state index contributed by atoms with van der Waals surface area (Å²) in [7, 11) is 1.61. The van der Waals surface area contributed by atoms with Gasteiger partial charge in [-0.25, -0.2) is 14.8 Å². The number of aromatic amines is 1. The molecule has 28 heavy (non-hydrogen) atoms. The van der Waals surface area contributed by atoms with Crippen LogP contribution in [0.5, 0.6) is 11.6 Å². The van der Waals surface area contributed by atoms with E-state index in [9.17, 15) is 9.59 Å². The van der Waals surface area contributed by atoms with Gasteiger partial charge in [-0.2, -0.15) is 0 Å². The van der Waals surface area contributed by atoms with E-state index in [1.54, 1.807) is 44.3 Å². The van der Waals surface area contributed by atoms with Gasteiger partial charge in [0.05, 0.1) is 12.0 Å². The highest BCUT2D eigenvalue weighted by Crippen LogP contribution is 2.29. The summed E-state index contributed by atoms with van der Waals surface area (Å²) in [6.07, 6.45) is 2.89. The number of furan rings is 1. The van der Waals surface area contributed by atoms with Crippen LogP contribution in [0.15, 0.2) is 56.9 Å². The van der Waals surface area contributed by atoms with Crippen LogP contribution in [0.2, 0.25) is 0 Å². The highest BCUT2D eigenvalue weighted by atomic mass is 16.5. The molecule has 0 aliphatic rings. The molecule has 0 spiro atoms. The minimum atomic E-state index is -0.459. The Bertz CT molecular complexity index is 1190. The van der Waals surface area contributed by atoms with Gasteiger partial charge in [-0.15, -0.1) is 0 Å². The first kappa shape index (κ1) is 19.1. The van der Waals surface area contributed by atoms with Gasteiger partial charge in [0.2, 0.25) is 11.6 Å². The normalized spacial score (nSPS) is 10.4. The van der Waals surface area contributed by atoms with Crippen LogP contribution in [-0.4, -0.2) is 19.5 Å². The molecule has 0 amide bonds. The maximum Gasteiger partial charge on any atom is 0.328 e. The van der Waals surface area contributed by atoms with E-state index in [1.807, 2.05) is 13.8 Å². The van der Waals surface area contributed by atoms with Crippen LogP contribution in [0.4, 0.5) is 0 Å². The molecule has 3 aromatic heterocycles. The molecule has 8 heteroatoms. The summed E-state index contributed by atoms with van der Waals surface area (Å²) < 4.78 is 12.4. The molecule has 3 heterocycles. The van der Waals surface area contributed by atoms with Gasteiger partial charge in [-0.1, -0.05) is 13.8 Å². The average Bonchev–Trinajstić information content (AvgIpc) is 3.19. The van der Waals surface area contributed by atoms with Crippen LogP contribution in [0.3, 0.4) is 0 Å². The lowest BCUT2D eigenvalue weighted by molar-refractivity contribution is 0.467. The number of ether oxygens (including phenoxy) is 1. The summed E-state index contributed by atoms with van der Waals surface area (Å²) >= 11 is 0. The number of aromatic nitrogens is 4. The maximum absolute atomic E-state index is 11.9. The van der Waals surface area contributed by atoms with Gasteiger partial charge in [-0.05, 0) is 42.8 Å². The summed E-state index contributed by atoms with van der Waals surface area (Å²) in [5.41, 5.74) is 1.35. The third-order valence-electron chi connectivity index (χ3n) is 4.12. The molecule has 1 aromatic carbocycles. The molecule has 0 aliphatic carbocycles. The van der Waals surface area contributed by atoms with Crippen molar-refractivity contribution in [3.05, 3.63) is 69.3 Å². The molecule has 4 rings (SSSR count). The molecule has 8 nitrogen and oxygen atoms in total. The minimum absolute atomic E-state index is 0.385. The van der Waals surface area contributed by atoms with Crippen molar-refractivity contribution in [3.8, 4) is 22.9 Å². The maximum atomic E-state index is 11.9. The summed E-state index contributed by atoms with van der Waals surface area (Å²) in [6, 6.07) is 8.78. The van der Waals surface area contributed by atoms with Crippen molar-refractivity contribution in [3.63, 3.8) is 0 Å². The van der Waals surface area contributed by atoms with Crippen molar-refractivity contribution < 1.29 is 9.15 Å². The number of hydrogen-bond acceptors (Lipinski definition) is 6. The van der Waals surface area contributed by atoms with Crippen molar-refractivity contribution in [1.82, 2.24) is 19.5 Å². The molecule has 0 atom stereocenters. The molecule has 0 aliphatic heterocycles. The second kappa shape index (κ2) is 7.91. The van der Waals surface area contributed by atoms with E-state index in [-0.39, 0.29) is 0 Å². The molecule has 0 fully saturated rings. The Balaban J connectivity index is 0.00000109. The number of hydrogen-bond donors (Lipinski definition) is 1. The second-order valence-corrected chi connectivity index (χ2v) is 5.74. The molecule has 4 aromatic rings. The zero-order valence-corrected chi connectivity index (χ0v) is 16.0. The van der Waals surface area contributed by atoms with Gasteiger partial charge in [0, 0.05) is 12.6 Å². The van der Waals surface area contributed by atoms with Crippen LogP contribution >= 0.6 is 0 Å². The van der Waals surface area contributed by atoms with Crippen LogP contribution in [0, 0.1) is 6.92 Å². The van der Waals surface area contributed by atoms with Crippen LogP contribution in [0.25, 0.3) is 22.4 Å². The minimum Gasteiger partial charge on any atom is -0.446 e. The summed E-state index contributed by atoms with van der Waals surface area (Å²) in [5, 5.41) is 0.671. The fourth-order valence-electron chi connectivity index (χ4n) is 2.79. The molecule has 144 valence electrons. The van der Waals surface area contributed by atoms with Gasteiger partial charge in [-0.3, -0.25) is 14.3 Å². The van der Waals surface area contributed by atoms with Crippen LogP contribution in [-0.2, 0) is 7.05 Å². The molecule has 0 unspecified atom stereocenters. The molecule has 1 N–H and O–H groups in total. The molecular formula is C20H20N4O4. The Labute approximate surface area is 160 Å². The third kappa shape index (κ3) is 3.44. The SMILES string of the molecule is CC.Cc1c(-c2ccc(Oc3ncnc4occc34)cc2)n(C)c(=O)[nH]c1=O. The average molecular weight is 380 g/mol. The topological polar surface area (TPSA) is 103 Å². The van der Waals surface area contributed by atoms with E-state index in [0.29, 0.717) is 34.0 Å². The monoisotopic (exact) mass is 380 g/mol. The zero-order valence-electron chi connectivity index (χ0n) is 16.0. The number of fused-ring (bicyclic) bond motifs is 1. The quantitative estimate of drug-likeness (QED) is 0.584. The van der Waals surface area contributed by atoms with Gasteiger partial charge in [0.15, 0.2) is 0 Å². The highest BCUT2D eigenvalue weighted by Gasteiger charge is 2.12. The summed E-state index contributed by atoms with van der Waals surface area (Å²) in [6.45, 7) is 5.68. The lowest BCUT2D eigenvalue weighted by atomic mass is 10.1. The van der Waals surface area contributed by atoms with Crippen LogP contribution in [0.1, 0.15) is 19.4 Å². The van der Waals surface area contributed by atoms with Crippen molar-refractivity contribution in [2.75, 3.05) is 0 Å². The Hall–Kier alpha value is -3.68. The zero-order chi connectivity index (χ0) is 20.3. The Kier molecular flexibility index (Phi) is 5.39. The van der Waals surface area contributed by atoms with Crippen molar-refractivity contribution in [2.45, 2.75) is 20.8 Å². The number of rotatable bonds is 3. The Morgan fingerprint density at radius 2 is 1.79 bits per heavy atom. The predicted octanol–water partition coefficient (Wildman–Crippen LogP) is 3.40. The fraction of sp³-hybridized carbons (Fsp3) is 0.200. The largest absolute Gasteiger partial charge is 0.446 e. The molecule has 0 bridgehead atoms. The number of H-pyrrole nitrogens is 1. The number of benzene rings is 1. The third-order valence-corrected chi connectivity index (χ3v) is 4.12. The molecule has 0 saturated carbocycles. The van der Waals surface area contributed by atoms with E-state index < -0.39 is 11.2 Å². The van der Waals surface area contributed by atoms with Gasteiger partial charge < -0.3 is 9.15 Å². The smallest absolute Gasteiger partial charge is 0.328 e. The summed E-state index contributed by atoms with van der Waals surface area (Å²) in [4.78, 5) is 34.1. The van der Waals surface area contributed by atoms with E-state index in [2.05, 4.69) is 15.0 Å². The van der Waals surface area contributed by atoms with Crippen LogP contribution < -0.4 is 16.0 Å². The predicted molar refractivity (Wildman–Crippen MR) is 106 cm³/mol. The van der Waals surface area contributed by atoms with Gasteiger partial charge in [0.25, 0.3) is 5.56 Å². The lowest BCUT2D eigenvalue weighted by Gasteiger charge is -2.11. The Morgan fingerprint density at radius 3 is 2.50 bits per heavy atom. The van der Waals surface area contributed by atoms with E-state index in [0.717, 1.165) is 5.56 Å². The molecule has 0 saturated heterocycles. The number of nitrogens with zero attached hydrogens (tertiary/aromatic N) is 3. The van der Waals surface area contributed by atoms with E-state index in [1.165, 1.54) is 17.2 Å². The van der Waals surface area contributed by atoms with Crippen molar-refractivity contribution in [1.29, 1.82) is 0 Å². The first-order valence-electron chi connectivity index (χ1n) is 8.81. The van der Waals surface area contributed by atoms with E-state index >= 15 is 0 Å². The first-order valence-corrected chi connectivity index (χ1v) is 8.81. The Morgan fingerprint density at radius 1 is 1.07 bits per heavy atom. The lowest BCUT2D eigenvalue weighted by Crippen LogP contribution is -2.31. The highest BCUT2D eigenvalue weighted by molar-refractivity contribution is 5.78. The summed E-state index contributed by atoms with van der Waals surface area (Å²) in [5.74, 6) is 0.943. The standard InChI is InChI=1S/C18H14N4O4.C2H6/c1-10-14(22(2)18(24)21-15(10)23)11-3-5-12(6-4-11)26-17-13-7-8-25-16(13)19-9-20-17;1-2/h3-9H,1-2H3,(H,21,23,24);1-2H3. The fourth-order valence-corrected chi connectivity index (χ4v) is 2.79. The van der Waals surface area contributed by atoms with Crippen molar-refractivity contribution in [2.24, 2.45) is 7.05 Å². The van der Waals surface area contributed by atoms with Crippen molar-refractivity contribution >= 4 is 11.1 Å². The number of nitrogens with one attached hydrogen (secondary N) is 1. The van der Waals surface area contributed by atoms with E-state index in [4.69, 9.17) is 9.15 Å². The molecule has 0 radical (unpaired) electrons. The van der Waals surface area contributed by atoms with Gasteiger partial charge in [0.1, 0.15) is 17.5 Å². The second-order valence-electron chi connectivity index (χ2n) is 5.74. The van der Waals surface area contributed by atoms with Gasteiger partial charge >= 0.3 is 5.69 Å². The first-order chi connectivity index (χ1) is 13.5.